The Morgan fingerprint density at radius 2 is 1.88 bits per heavy atom. The lowest BCUT2D eigenvalue weighted by atomic mass is 10.0. The van der Waals surface area contributed by atoms with E-state index in [1.54, 1.807) is 0 Å². The highest BCUT2D eigenvalue weighted by atomic mass is 16.3. The summed E-state index contributed by atoms with van der Waals surface area (Å²) in [4.78, 5) is 2.18. The van der Waals surface area contributed by atoms with E-state index in [9.17, 15) is 0 Å². The molecular weight excluding hydrogens is 200 g/mol. The molecule has 1 atom stereocenters. The quantitative estimate of drug-likeness (QED) is 0.800. The van der Waals surface area contributed by atoms with Crippen molar-refractivity contribution in [2.45, 2.75) is 32.9 Å². The first-order valence-corrected chi connectivity index (χ1v) is 5.80. The van der Waals surface area contributed by atoms with Gasteiger partial charge in [-0.05, 0) is 32.4 Å². The fourth-order valence-electron chi connectivity index (χ4n) is 1.90. The molecule has 0 saturated carbocycles. The predicted octanol–water partition coefficient (Wildman–Crippen LogP) is 1.91. The molecule has 0 heterocycles. The van der Waals surface area contributed by atoms with Crippen LogP contribution in [-0.2, 0) is 0 Å². The molecule has 3 heteroatoms. The number of hydrogen-bond acceptors (Lipinski definition) is 3. The molecule has 3 nitrogen and oxygen atoms in total. The summed E-state index contributed by atoms with van der Waals surface area (Å²) in [6.45, 7) is 7.02. The fourth-order valence-corrected chi connectivity index (χ4v) is 1.90. The average Bonchev–Trinajstić information content (AvgIpc) is 2.25. The van der Waals surface area contributed by atoms with Crippen molar-refractivity contribution < 1.29 is 5.11 Å². The van der Waals surface area contributed by atoms with Gasteiger partial charge in [0.15, 0.2) is 0 Å². The minimum Gasteiger partial charge on any atom is -0.395 e. The molecule has 3 N–H and O–H groups in total. The zero-order valence-corrected chi connectivity index (χ0v) is 10.4. The third kappa shape index (κ3) is 2.97. The Morgan fingerprint density at radius 1 is 1.25 bits per heavy atom. The van der Waals surface area contributed by atoms with Gasteiger partial charge in [0.2, 0.25) is 0 Å². The van der Waals surface area contributed by atoms with E-state index in [0.717, 1.165) is 11.3 Å². The van der Waals surface area contributed by atoms with Gasteiger partial charge in [0.25, 0.3) is 0 Å². The van der Waals surface area contributed by atoms with Crippen molar-refractivity contribution in [1.82, 2.24) is 0 Å². The van der Waals surface area contributed by atoms with Crippen LogP contribution in [0.15, 0.2) is 24.3 Å². The summed E-state index contributed by atoms with van der Waals surface area (Å²) in [5.74, 6) is 0. The number of rotatable bonds is 5. The summed E-state index contributed by atoms with van der Waals surface area (Å²) in [6.07, 6.45) is 0. The molecule has 1 aromatic carbocycles. The van der Waals surface area contributed by atoms with Gasteiger partial charge in [-0.15, -0.1) is 0 Å². The van der Waals surface area contributed by atoms with Crippen LogP contribution >= 0.6 is 0 Å². The molecule has 0 aromatic heterocycles. The van der Waals surface area contributed by atoms with Crippen molar-refractivity contribution in [3.05, 3.63) is 29.8 Å². The number of aliphatic hydroxyl groups is 1. The summed E-state index contributed by atoms with van der Waals surface area (Å²) >= 11 is 0. The molecule has 0 saturated heterocycles. The van der Waals surface area contributed by atoms with E-state index in [4.69, 9.17) is 10.8 Å². The minimum absolute atomic E-state index is 0.0103. The van der Waals surface area contributed by atoms with Crippen molar-refractivity contribution in [3.63, 3.8) is 0 Å². The van der Waals surface area contributed by atoms with Crippen LogP contribution < -0.4 is 10.6 Å². The van der Waals surface area contributed by atoms with Gasteiger partial charge in [0.1, 0.15) is 0 Å². The predicted molar refractivity (Wildman–Crippen MR) is 68.6 cm³/mol. The van der Waals surface area contributed by atoms with Crippen LogP contribution in [0.25, 0.3) is 0 Å². The lowest BCUT2D eigenvalue weighted by Gasteiger charge is -2.31. The maximum atomic E-state index is 9.10. The molecule has 0 unspecified atom stereocenters. The zero-order valence-electron chi connectivity index (χ0n) is 10.4. The van der Waals surface area contributed by atoms with Crippen molar-refractivity contribution >= 4 is 5.69 Å². The molecule has 0 amide bonds. The number of anilines is 1. The Hall–Kier alpha value is -1.06. The Kier molecular flexibility index (Phi) is 4.77. The Balaban J connectivity index is 3.07. The molecule has 0 radical (unpaired) electrons. The second-order valence-corrected chi connectivity index (χ2v) is 4.36. The topological polar surface area (TPSA) is 49.5 Å². The molecule has 0 aliphatic heterocycles. The van der Waals surface area contributed by atoms with Gasteiger partial charge < -0.3 is 15.7 Å². The van der Waals surface area contributed by atoms with Crippen LogP contribution in [0.2, 0.25) is 0 Å². The van der Waals surface area contributed by atoms with Crippen molar-refractivity contribution in [3.8, 4) is 0 Å². The van der Waals surface area contributed by atoms with Gasteiger partial charge in [0, 0.05) is 24.3 Å². The SMILES string of the molecule is CC(C)N(CCO)c1ccccc1[C@H](C)N. The van der Waals surface area contributed by atoms with Crippen LogP contribution in [-0.4, -0.2) is 24.3 Å². The summed E-state index contributed by atoms with van der Waals surface area (Å²) in [5, 5.41) is 9.10. The van der Waals surface area contributed by atoms with E-state index in [-0.39, 0.29) is 12.6 Å². The van der Waals surface area contributed by atoms with Crippen LogP contribution in [0.3, 0.4) is 0 Å². The molecule has 1 aromatic rings. The summed E-state index contributed by atoms with van der Waals surface area (Å²) < 4.78 is 0. The average molecular weight is 222 g/mol. The molecule has 16 heavy (non-hydrogen) atoms. The number of para-hydroxylation sites is 1. The molecule has 0 aliphatic carbocycles. The molecular formula is C13H22N2O. The first-order chi connectivity index (χ1) is 7.57. The Morgan fingerprint density at radius 3 is 2.38 bits per heavy atom. The zero-order chi connectivity index (χ0) is 12.1. The highest BCUT2D eigenvalue weighted by Crippen LogP contribution is 2.26. The van der Waals surface area contributed by atoms with Gasteiger partial charge in [-0.25, -0.2) is 0 Å². The molecule has 1 rings (SSSR count). The summed E-state index contributed by atoms with van der Waals surface area (Å²) in [6, 6.07) is 8.48. The monoisotopic (exact) mass is 222 g/mol. The number of aliphatic hydroxyl groups excluding tert-OH is 1. The molecule has 0 bridgehead atoms. The Labute approximate surface area is 97.9 Å². The van der Waals surface area contributed by atoms with Gasteiger partial charge >= 0.3 is 0 Å². The molecule has 0 spiro atoms. The van der Waals surface area contributed by atoms with Crippen LogP contribution in [0.1, 0.15) is 32.4 Å². The molecule has 0 aliphatic rings. The summed E-state index contributed by atoms with van der Waals surface area (Å²) in [7, 11) is 0. The van der Waals surface area contributed by atoms with E-state index in [1.807, 2.05) is 25.1 Å². The summed E-state index contributed by atoms with van der Waals surface area (Å²) in [5.41, 5.74) is 8.22. The number of hydrogen-bond donors (Lipinski definition) is 2. The highest BCUT2D eigenvalue weighted by Gasteiger charge is 2.15. The van der Waals surface area contributed by atoms with E-state index < -0.39 is 0 Å². The second kappa shape index (κ2) is 5.87. The normalized spacial score (nSPS) is 12.9. The number of benzene rings is 1. The largest absolute Gasteiger partial charge is 0.395 e. The third-order valence-corrected chi connectivity index (χ3v) is 2.70. The van der Waals surface area contributed by atoms with Crippen LogP contribution in [0.4, 0.5) is 5.69 Å². The van der Waals surface area contributed by atoms with E-state index in [2.05, 4.69) is 24.8 Å². The van der Waals surface area contributed by atoms with Gasteiger partial charge in [-0.3, -0.25) is 0 Å². The van der Waals surface area contributed by atoms with Gasteiger partial charge in [-0.2, -0.15) is 0 Å². The van der Waals surface area contributed by atoms with Gasteiger partial charge in [-0.1, -0.05) is 18.2 Å². The lowest BCUT2D eigenvalue weighted by molar-refractivity contribution is 0.299. The molecule has 90 valence electrons. The van der Waals surface area contributed by atoms with Crippen LogP contribution in [0.5, 0.6) is 0 Å². The van der Waals surface area contributed by atoms with E-state index in [0.29, 0.717) is 12.6 Å². The standard InChI is InChI=1S/C13H22N2O/c1-10(2)15(8-9-16)13-7-5-4-6-12(13)11(3)14/h4-7,10-11,16H,8-9,14H2,1-3H3/t11-/m0/s1. The maximum absolute atomic E-state index is 9.10. The number of nitrogens with two attached hydrogens (primary N) is 1. The maximum Gasteiger partial charge on any atom is 0.0606 e. The lowest BCUT2D eigenvalue weighted by Crippen LogP contribution is -2.34. The van der Waals surface area contributed by atoms with Crippen LogP contribution in [0, 0.1) is 0 Å². The van der Waals surface area contributed by atoms with Crippen molar-refractivity contribution in [2.75, 3.05) is 18.1 Å². The highest BCUT2D eigenvalue weighted by molar-refractivity contribution is 5.55. The fraction of sp³-hybridized carbons (Fsp3) is 0.538. The van der Waals surface area contributed by atoms with Crippen molar-refractivity contribution in [2.24, 2.45) is 5.73 Å². The molecule has 0 fully saturated rings. The minimum atomic E-state index is 0.0103. The third-order valence-electron chi connectivity index (χ3n) is 2.70. The van der Waals surface area contributed by atoms with E-state index in [1.165, 1.54) is 0 Å². The Bertz CT molecular complexity index is 323. The second-order valence-electron chi connectivity index (χ2n) is 4.36. The van der Waals surface area contributed by atoms with E-state index >= 15 is 0 Å². The van der Waals surface area contributed by atoms with Crippen molar-refractivity contribution in [1.29, 1.82) is 0 Å². The van der Waals surface area contributed by atoms with Gasteiger partial charge in [0.05, 0.1) is 6.61 Å². The smallest absolute Gasteiger partial charge is 0.0606 e. The first-order valence-electron chi connectivity index (χ1n) is 5.80. The number of nitrogens with zero attached hydrogens (tertiary/aromatic N) is 1. The first kappa shape index (κ1) is 13.0.